The highest BCUT2D eigenvalue weighted by Crippen LogP contribution is 2.15. The lowest BCUT2D eigenvalue weighted by Gasteiger charge is -2.18. The van der Waals surface area contributed by atoms with E-state index in [1.54, 1.807) is 39.2 Å². The summed E-state index contributed by atoms with van der Waals surface area (Å²) < 4.78 is 0. The Labute approximate surface area is 106 Å². The standard InChI is InChI=1S/C13H18N2O3/c1-9(13(18)15(2)3)14-12(17)8-10-6-4-5-7-11(10)16/h4-7,9,16H,8H2,1-3H3,(H,14,17). The van der Waals surface area contributed by atoms with Gasteiger partial charge in [0.25, 0.3) is 0 Å². The van der Waals surface area contributed by atoms with Crippen LogP contribution in [0, 0.1) is 0 Å². The first-order valence-corrected chi connectivity index (χ1v) is 5.69. The van der Waals surface area contributed by atoms with Gasteiger partial charge in [0.05, 0.1) is 6.42 Å². The van der Waals surface area contributed by atoms with Crippen molar-refractivity contribution in [2.75, 3.05) is 14.1 Å². The molecule has 0 aliphatic rings. The molecule has 1 aromatic rings. The average molecular weight is 250 g/mol. The molecule has 0 radical (unpaired) electrons. The number of aromatic hydroxyl groups is 1. The van der Waals surface area contributed by atoms with Gasteiger partial charge in [-0.2, -0.15) is 0 Å². The minimum atomic E-state index is -0.571. The van der Waals surface area contributed by atoms with Crippen LogP contribution in [0.15, 0.2) is 24.3 Å². The first-order chi connectivity index (χ1) is 8.41. The molecule has 0 aliphatic heterocycles. The van der Waals surface area contributed by atoms with E-state index in [0.717, 1.165) is 0 Å². The van der Waals surface area contributed by atoms with Gasteiger partial charge in [0, 0.05) is 19.7 Å². The molecule has 0 heterocycles. The molecule has 18 heavy (non-hydrogen) atoms. The van der Waals surface area contributed by atoms with Gasteiger partial charge in [0.1, 0.15) is 11.8 Å². The van der Waals surface area contributed by atoms with Gasteiger partial charge < -0.3 is 15.3 Å². The number of nitrogens with one attached hydrogen (secondary N) is 1. The highest BCUT2D eigenvalue weighted by molar-refractivity contribution is 5.88. The summed E-state index contributed by atoms with van der Waals surface area (Å²) in [6.45, 7) is 1.63. The molecule has 0 bridgehead atoms. The topological polar surface area (TPSA) is 69.6 Å². The number of likely N-dealkylation sites (N-methyl/N-ethyl adjacent to an activating group) is 1. The Balaban J connectivity index is 2.58. The number of benzene rings is 1. The van der Waals surface area contributed by atoms with E-state index < -0.39 is 6.04 Å². The van der Waals surface area contributed by atoms with Gasteiger partial charge >= 0.3 is 0 Å². The summed E-state index contributed by atoms with van der Waals surface area (Å²) in [6, 6.07) is 6.06. The SMILES string of the molecule is CC(NC(=O)Cc1ccccc1O)C(=O)N(C)C. The number of amides is 2. The van der Waals surface area contributed by atoms with E-state index in [0.29, 0.717) is 5.56 Å². The normalized spacial score (nSPS) is 11.7. The lowest BCUT2D eigenvalue weighted by molar-refractivity contribution is -0.133. The maximum absolute atomic E-state index is 11.7. The van der Waals surface area contributed by atoms with Crippen molar-refractivity contribution in [3.05, 3.63) is 29.8 Å². The van der Waals surface area contributed by atoms with E-state index in [9.17, 15) is 14.7 Å². The number of nitrogens with zero attached hydrogens (tertiary/aromatic N) is 1. The molecule has 98 valence electrons. The van der Waals surface area contributed by atoms with Crippen LogP contribution < -0.4 is 5.32 Å². The lowest BCUT2D eigenvalue weighted by Crippen LogP contribution is -2.44. The number of carbonyl (C=O) groups excluding carboxylic acids is 2. The summed E-state index contributed by atoms with van der Waals surface area (Å²) in [5, 5.41) is 12.1. The Morgan fingerprint density at radius 1 is 1.33 bits per heavy atom. The van der Waals surface area contributed by atoms with Gasteiger partial charge in [0.15, 0.2) is 0 Å². The predicted octanol–water partition coefficient (Wildman–Crippen LogP) is 0.528. The zero-order chi connectivity index (χ0) is 13.7. The summed E-state index contributed by atoms with van der Waals surface area (Å²) in [5.41, 5.74) is 0.541. The Bertz CT molecular complexity index is 444. The Kier molecular flexibility index (Phi) is 4.71. The Hall–Kier alpha value is -2.04. The second kappa shape index (κ2) is 6.05. The van der Waals surface area contributed by atoms with Crippen molar-refractivity contribution >= 4 is 11.8 Å². The van der Waals surface area contributed by atoms with Crippen molar-refractivity contribution in [2.45, 2.75) is 19.4 Å². The molecule has 0 aliphatic carbocycles. The molecular weight excluding hydrogens is 232 g/mol. The van der Waals surface area contributed by atoms with Gasteiger partial charge in [-0.1, -0.05) is 18.2 Å². The van der Waals surface area contributed by atoms with Crippen LogP contribution in [-0.4, -0.2) is 42.0 Å². The molecule has 1 rings (SSSR count). The quantitative estimate of drug-likeness (QED) is 0.819. The van der Waals surface area contributed by atoms with E-state index in [2.05, 4.69) is 5.32 Å². The molecule has 0 saturated carbocycles. The fourth-order valence-corrected chi connectivity index (χ4v) is 1.57. The fraction of sp³-hybridized carbons (Fsp3) is 0.385. The number of phenolic OH excluding ortho intramolecular Hbond substituents is 1. The minimum Gasteiger partial charge on any atom is -0.508 e. The third kappa shape index (κ3) is 3.76. The number of hydrogen-bond acceptors (Lipinski definition) is 3. The van der Waals surface area contributed by atoms with E-state index in [1.165, 1.54) is 11.0 Å². The molecule has 5 nitrogen and oxygen atoms in total. The highest BCUT2D eigenvalue weighted by atomic mass is 16.3. The fourth-order valence-electron chi connectivity index (χ4n) is 1.57. The molecule has 0 saturated heterocycles. The number of hydrogen-bond donors (Lipinski definition) is 2. The first-order valence-electron chi connectivity index (χ1n) is 5.69. The van der Waals surface area contributed by atoms with E-state index in [4.69, 9.17) is 0 Å². The van der Waals surface area contributed by atoms with Gasteiger partial charge in [-0.3, -0.25) is 9.59 Å². The third-order valence-corrected chi connectivity index (χ3v) is 2.53. The van der Waals surface area contributed by atoms with Crippen LogP contribution in [0.2, 0.25) is 0 Å². The average Bonchev–Trinajstić information content (AvgIpc) is 2.30. The summed E-state index contributed by atoms with van der Waals surface area (Å²) in [5.74, 6) is -0.376. The van der Waals surface area contributed by atoms with Crippen LogP contribution in [0.1, 0.15) is 12.5 Å². The van der Waals surface area contributed by atoms with E-state index >= 15 is 0 Å². The predicted molar refractivity (Wildman–Crippen MR) is 68.1 cm³/mol. The van der Waals surface area contributed by atoms with Crippen LogP contribution in [0.5, 0.6) is 5.75 Å². The largest absolute Gasteiger partial charge is 0.508 e. The van der Waals surface area contributed by atoms with Crippen molar-refractivity contribution in [1.82, 2.24) is 10.2 Å². The number of para-hydroxylation sites is 1. The number of phenols is 1. The van der Waals surface area contributed by atoms with Crippen molar-refractivity contribution in [2.24, 2.45) is 0 Å². The van der Waals surface area contributed by atoms with Crippen molar-refractivity contribution in [3.63, 3.8) is 0 Å². The zero-order valence-corrected chi connectivity index (χ0v) is 10.8. The maximum atomic E-state index is 11.7. The van der Waals surface area contributed by atoms with Crippen LogP contribution in [0.25, 0.3) is 0 Å². The van der Waals surface area contributed by atoms with Crippen LogP contribution in [-0.2, 0) is 16.0 Å². The first kappa shape index (κ1) is 14.0. The molecule has 0 fully saturated rings. The van der Waals surface area contributed by atoms with E-state index in [-0.39, 0.29) is 24.0 Å². The van der Waals surface area contributed by atoms with Crippen molar-refractivity contribution < 1.29 is 14.7 Å². The minimum absolute atomic E-state index is 0.0533. The Morgan fingerprint density at radius 3 is 2.50 bits per heavy atom. The van der Waals surface area contributed by atoms with Gasteiger partial charge in [-0.05, 0) is 13.0 Å². The van der Waals surface area contributed by atoms with Gasteiger partial charge in [-0.15, -0.1) is 0 Å². The maximum Gasteiger partial charge on any atom is 0.244 e. The smallest absolute Gasteiger partial charge is 0.244 e. The Morgan fingerprint density at radius 2 is 1.94 bits per heavy atom. The number of rotatable bonds is 4. The summed E-state index contributed by atoms with van der Waals surface area (Å²) in [7, 11) is 3.27. The van der Waals surface area contributed by atoms with Crippen molar-refractivity contribution in [3.8, 4) is 5.75 Å². The molecule has 5 heteroatoms. The van der Waals surface area contributed by atoms with Crippen LogP contribution in [0.4, 0.5) is 0 Å². The second-order valence-corrected chi connectivity index (χ2v) is 4.33. The van der Waals surface area contributed by atoms with E-state index in [1.807, 2.05) is 0 Å². The molecular formula is C13H18N2O3. The summed E-state index contributed by atoms with van der Waals surface area (Å²) >= 11 is 0. The third-order valence-electron chi connectivity index (χ3n) is 2.53. The molecule has 2 amide bonds. The second-order valence-electron chi connectivity index (χ2n) is 4.33. The van der Waals surface area contributed by atoms with Crippen molar-refractivity contribution in [1.29, 1.82) is 0 Å². The van der Waals surface area contributed by atoms with Crippen LogP contribution >= 0.6 is 0 Å². The molecule has 0 spiro atoms. The molecule has 0 aromatic heterocycles. The molecule has 1 unspecified atom stereocenters. The summed E-state index contributed by atoms with van der Waals surface area (Å²) in [4.78, 5) is 24.7. The van der Waals surface area contributed by atoms with Crippen LogP contribution in [0.3, 0.4) is 0 Å². The van der Waals surface area contributed by atoms with Gasteiger partial charge in [-0.25, -0.2) is 0 Å². The highest BCUT2D eigenvalue weighted by Gasteiger charge is 2.17. The molecule has 1 aromatic carbocycles. The monoisotopic (exact) mass is 250 g/mol. The number of carbonyl (C=O) groups is 2. The molecule has 1 atom stereocenters. The van der Waals surface area contributed by atoms with Gasteiger partial charge in [0.2, 0.25) is 11.8 Å². The lowest BCUT2D eigenvalue weighted by atomic mass is 10.1. The zero-order valence-electron chi connectivity index (χ0n) is 10.8. The summed E-state index contributed by atoms with van der Waals surface area (Å²) in [6.07, 6.45) is 0.0533. The molecule has 2 N–H and O–H groups in total.